The van der Waals surface area contributed by atoms with Gasteiger partial charge in [-0.05, 0) is 62.6 Å². The van der Waals surface area contributed by atoms with E-state index in [0.717, 1.165) is 27.7 Å². The van der Waals surface area contributed by atoms with Gasteiger partial charge in [0, 0.05) is 17.9 Å². The Morgan fingerprint density at radius 1 is 1.00 bits per heavy atom. The maximum Gasteiger partial charge on any atom is 0.225 e. The second-order valence-electron chi connectivity index (χ2n) is 8.20. The zero-order valence-electron chi connectivity index (χ0n) is 20.7. The van der Waals surface area contributed by atoms with Gasteiger partial charge in [0.25, 0.3) is 0 Å². The maximum atomic E-state index is 12.8. The molecule has 0 saturated heterocycles. The van der Waals surface area contributed by atoms with E-state index in [1.165, 1.54) is 0 Å². The van der Waals surface area contributed by atoms with Crippen molar-refractivity contribution in [2.24, 2.45) is 0 Å². The van der Waals surface area contributed by atoms with Gasteiger partial charge in [0.15, 0.2) is 17.3 Å². The monoisotopic (exact) mass is 474 g/mol. The Bertz CT molecular complexity index is 1360. The summed E-state index contributed by atoms with van der Waals surface area (Å²) in [5, 5.41) is 8.57. The number of benzene rings is 2. The summed E-state index contributed by atoms with van der Waals surface area (Å²) in [6, 6.07) is 15.3. The fourth-order valence-corrected chi connectivity index (χ4v) is 4.02. The smallest absolute Gasteiger partial charge is 0.225 e. The van der Waals surface area contributed by atoms with Crippen molar-refractivity contribution in [1.82, 2.24) is 14.8 Å². The van der Waals surface area contributed by atoms with Crippen LogP contribution in [0, 0.1) is 13.8 Å². The van der Waals surface area contributed by atoms with Gasteiger partial charge >= 0.3 is 0 Å². The van der Waals surface area contributed by atoms with Crippen LogP contribution >= 0.6 is 0 Å². The van der Waals surface area contributed by atoms with Gasteiger partial charge in [-0.3, -0.25) is 4.79 Å². The van der Waals surface area contributed by atoms with Crippen LogP contribution < -0.4 is 19.5 Å². The summed E-state index contributed by atoms with van der Waals surface area (Å²) in [6.07, 6.45) is 0.867. The first-order valence-corrected chi connectivity index (χ1v) is 11.5. The van der Waals surface area contributed by atoms with E-state index in [9.17, 15) is 4.79 Å². The van der Waals surface area contributed by atoms with Crippen LogP contribution in [0.5, 0.6) is 17.2 Å². The zero-order valence-corrected chi connectivity index (χ0v) is 20.7. The third-order valence-corrected chi connectivity index (χ3v) is 5.70. The first-order chi connectivity index (χ1) is 16.9. The topological polar surface area (TPSA) is 87.5 Å². The molecule has 1 amide bonds. The molecule has 0 spiro atoms. The highest BCUT2D eigenvalue weighted by atomic mass is 16.5. The van der Waals surface area contributed by atoms with Crippen LogP contribution in [0.3, 0.4) is 0 Å². The number of carbonyl (C=O) groups excluding carboxylic acids is 1. The lowest BCUT2D eigenvalue weighted by Gasteiger charge is -2.13. The molecule has 0 radical (unpaired) electrons. The van der Waals surface area contributed by atoms with E-state index in [1.807, 2.05) is 69.3 Å². The maximum absolute atomic E-state index is 12.8. The third-order valence-electron chi connectivity index (χ3n) is 5.70. The van der Waals surface area contributed by atoms with Crippen LogP contribution in [-0.2, 0) is 11.2 Å². The number of aromatic nitrogens is 3. The van der Waals surface area contributed by atoms with Crippen LogP contribution in [-0.4, -0.2) is 41.5 Å². The molecule has 8 nitrogen and oxygen atoms in total. The highest BCUT2D eigenvalue weighted by Gasteiger charge is 2.15. The van der Waals surface area contributed by atoms with Gasteiger partial charge in [0.1, 0.15) is 17.1 Å². The molecule has 8 heteroatoms. The molecular weight excluding hydrogens is 444 g/mol. The lowest BCUT2D eigenvalue weighted by molar-refractivity contribution is -0.116. The van der Waals surface area contributed by atoms with E-state index in [1.54, 1.807) is 18.9 Å². The van der Waals surface area contributed by atoms with Crippen molar-refractivity contribution in [3.63, 3.8) is 0 Å². The molecule has 35 heavy (non-hydrogen) atoms. The molecule has 0 bridgehead atoms. The molecule has 2 heterocycles. The van der Waals surface area contributed by atoms with Gasteiger partial charge in [-0.15, -0.1) is 0 Å². The molecule has 1 N–H and O–H groups in total. The lowest BCUT2D eigenvalue weighted by atomic mass is 10.1. The van der Waals surface area contributed by atoms with E-state index in [-0.39, 0.29) is 5.91 Å². The van der Waals surface area contributed by atoms with Gasteiger partial charge < -0.3 is 19.5 Å². The number of rotatable bonds is 9. The number of carbonyl (C=O) groups is 1. The zero-order chi connectivity index (χ0) is 24.9. The number of nitrogens with one attached hydrogen (secondary N) is 1. The summed E-state index contributed by atoms with van der Waals surface area (Å²) < 4.78 is 18.1. The molecule has 0 unspecified atom stereocenters. The quantitative estimate of drug-likeness (QED) is 0.366. The number of hydrogen-bond acceptors (Lipinski definition) is 6. The summed E-state index contributed by atoms with van der Waals surface area (Å²) in [5.41, 5.74) is 3.55. The number of ether oxygens (including phenoxy) is 3. The number of aryl methyl sites for hydroxylation is 3. The Hall–Kier alpha value is -4.07. The van der Waals surface area contributed by atoms with Crippen molar-refractivity contribution in [3.05, 3.63) is 65.4 Å². The number of methoxy groups -OCH3 is 2. The van der Waals surface area contributed by atoms with Crippen molar-refractivity contribution >= 4 is 22.6 Å². The summed E-state index contributed by atoms with van der Waals surface area (Å²) >= 11 is 0. The van der Waals surface area contributed by atoms with Gasteiger partial charge in [-0.2, -0.15) is 9.78 Å². The lowest BCUT2D eigenvalue weighted by Crippen LogP contribution is -2.16. The van der Waals surface area contributed by atoms with Crippen molar-refractivity contribution in [2.75, 3.05) is 26.1 Å². The van der Waals surface area contributed by atoms with Crippen molar-refractivity contribution < 1.29 is 19.0 Å². The number of amides is 1. The Morgan fingerprint density at radius 2 is 1.80 bits per heavy atom. The molecule has 182 valence electrons. The standard InChI is InChI=1S/C27H30N4O4/c1-6-35-21-12-10-19(16-23(21)34-5)11-13-26(32)28-25-15-18(3)30-31(25)24-14-17(2)20-8-7-9-22(33-4)27(20)29-24/h7-10,12,14-16H,6,11,13H2,1-5H3,(H,28,32). The Kier molecular flexibility index (Phi) is 7.19. The van der Waals surface area contributed by atoms with E-state index >= 15 is 0 Å². The Balaban J connectivity index is 1.54. The normalized spacial score (nSPS) is 10.9. The SMILES string of the molecule is CCOc1ccc(CCC(=O)Nc2cc(C)nn2-c2cc(C)c3cccc(OC)c3n2)cc1OC. The average Bonchev–Trinajstić information content (AvgIpc) is 3.22. The van der Waals surface area contributed by atoms with Crippen molar-refractivity contribution in [3.8, 4) is 23.1 Å². The highest BCUT2D eigenvalue weighted by molar-refractivity contribution is 5.91. The fraction of sp³-hybridized carbons (Fsp3) is 0.296. The fourth-order valence-electron chi connectivity index (χ4n) is 4.02. The van der Waals surface area contributed by atoms with Crippen molar-refractivity contribution in [1.29, 1.82) is 0 Å². The minimum atomic E-state index is -0.117. The minimum absolute atomic E-state index is 0.117. The summed E-state index contributed by atoms with van der Waals surface area (Å²) in [5.74, 6) is 3.10. The van der Waals surface area contributed by atoms with Crippen LogP contribution in [0.1, 0.15) is 30.2 Å². The van der Waals surface area contributed by atoms with E-state index in [0.29, 0.717) is 48.3 Å². The van der Waals surface area contributed by atoms with Crippen molar-refractivity contribution in [2.45, 2.75) is 33.6 Å². The number of pyridine rings is 1. The number of para-hydroxylation sites is 1. The molecule has 2 aromatic carbocycles. The first kappa shape index (κ1) is 24.1. The summed E-state index contributed by atoms with van der Waals surface area (Å²) in [7, 11) is 3.23. The molecule has 2 aromatic heterocycles. The molecule has 4 aromatic rings. The highest BCUT2D eigenvalue weighted by Crippen LogP contribution is 2.30. The van der Waals surface area contributed by atoms with Gasteiger partial charge in [0.05, 0.1) is 26.5 Å². The Labute approximate surface area is 204 Å². The second-order valence-corrected chi connectivity index (χ2v) is 8.20. The molecule has 0 aliphatic rings. The number of nitrogens with zero attached hydrogens (tertiary/aromatic N) is 3. The molecule has 0 aliphatic heterocycles. The molecule has 0 aliphatic carbocycles. The summed E-state index contributed by atoms with van der Waals surface area (Å²) in [6.45, 7) is 6.39. The number of hydrogen-bond donors (Lipinski definition) is 1. The molecule has 0 atom stereocenters. The number of fused-ring (bicyclic) bond motifs is 1. The molecule has 4 rings (SSSR count). The largest absolute Gasteiger partial charge is 0.494 e. The summed E-state index contributed by atoms with van der Waals surface area (Å²) in [4.78, 5) is 17.6. The van der Waals surface area contributed by atoms with Gasteiger partial charge in [-0.25, -0.2) is 4.98 Å². The number of anilines is 1. The van der Waals surface area contributed by atoms with Crippen LogP contribution in [0.15, 0.2) is 48.5 Å². The molecular formula is C27H30N4O4. The van der Waals surface area contributed by atoms with Gasteiger partial charge in [0.2, 0.25) is 5.91 Å². The van der Waals surface area contributed by atoms with E-state index < -0.39 is 0 Å². The molecule has 0 fully saturated rings. The second kappa shape index (κ2) is 10.5. The van der Waals surface area contributed by atoms with Crippen LogP contribution in [0.2, 0.25) is 0 Å². The van der Waals surface area contributed by atoms with E-state index in [2.05, 4.69) is 10.4 Å². The minimum Gasteiger partial charge on any atom is -0.494 e. The third kappa shape index (κ3) is 5.21. The average molecular weight is 475 g/mol. The van der Waals surface area contributed by atoms with Gasteiger partial charge in [-0.1, -0.05) is 18.2 Å². The van der Waals surface area contributed by atoms with Crippen LogP contribution in [0.4, 0.5) is 5.82 Å². The Morgan fingerprint density at radius 3 is 2.54 bits per heavy atom. The first-order valence-electron chi connectivity index (χ1n) is 11.5. The van der Waals surface area contributed by atoms with Crippen LogP contribution in [0.25, 0.3) is 16.7 Å². The predicted octanol–water partition coefficient (Wildman–Crippen LogP) is 5.02. The molecule has 0 saturated carbocycles. The van der Waals surface area contributed by atoms with E-state index in [4.69, 9.17) is 19.2 Å². The predicted molar refractivity (Wildman–Crippen MR) is 136 cm³/mol.